The number of anilines is 1. The molecular weight excluding hydrogens is 242 g/mol. The van der Waals surface area contributed by atoms with Crippen molar-refractivity contribution in [2.45, 2.75) is 0 Å². The summed E-state index contributed by atoms with van der Waals surface area (Å²) in [7, 11) is 1.66. The number of rotatable bonds is 3. The quantitative estimate of drug-likeness (QED) is 0.917. The molecule has 4 nitrogen and oxygen atoms in total. The van der Waals surface area contributed by atoms with Gasteiger partial charge in [0.2, 0.25) is 0 Å². The molecule has 0 aliphatic carbocycles. The van der Waals surface area contributed by atoms with Crippen LogP contribution in [0.3, 0.4) is 0 Å². The second kappa shape index (κ2) is 5.35. The van der Waals surface area contributed by atoms with Gasteiger partial charge in [-0.05, 0) is 36.4 Å². The highest BCUT2D eigenvalue weighted by atomic mass is 16.4. The molecule has 0 atom stereocenters. The lowest BCUT2D eigenvalue weighted by Crippen LogP contribution is -2.26. The Morgan fingerprint density at radius 2 is 1.47 bits per heavy atom. The topological polar surface area (TPSA) is 57.6 Å². The summed E-state index contributed by atoms with van der Waals surface area (Å²) in [6.45, 7) is 0. The number of aromatic carboxylic acids is 1. The van der Waals surface area contributed by atoms with Gasteiger partial charge in [-0.15, -0.1) is 0 Å². The fraction of sp³-hybridized carbons (Fsp3) is 0.0667. The molecule has 0 fully saturated rings. The molecule has 0 aromatic heterocycles. The average molecular weight is 255 g/mol. The molecule has 0 radical (unpaired) electrons. The van der Waals surface area contributed by atoms with Gasteiger partial charge in [-0.2, -0.15) is 0 Å². The van der Waals surface area contributed by atoms with Crippen LogP contribution in [0.1, 0.15) is 20.7 Å². The van der Waals surface area contributed by atoms with E-state index in [1.165, 1.54) is 17.0 Å². The Hall–Kier alpha value is -2.62. The van der Waals surface area contributed by atoms with E-state index in [1.54, 1.807) is 43.4 Å². The molecule has 1 N–H and O–H groups in total. The van der Waals surface area contributed by atoms with Crippen LogP contribution < -0.4 is 4.90 Å². The van der Waals surface area contributed by atoms with Gasteiger partial charge in [0.1, 0.15) is 0 Å². The third-order valence-corrected chi connectivity index (χ3v) is 2.83. The molecule has 19 heavy (non-hydrogen) atoms. The Bertz CT molecular complexity index is 591. The summed E-state index contributed by atoms with van der Waals surface area (Å²) >= 11 is 0. The molecule has 2 aromatic carbocycles. The maximum atomic E-state index is 12.2. The average Bonchev–Trinajstić information content (AvgIpc) is 2.46. The van der Waals surface area contributed by atoms with Crippen LogP contribution in [-0.2, 0) is 0 Å². The minimum absolute atomic E-state index is 0.135. The Morgan fingerprint density at radius 3 is 2.00 bits per heavy atom. The summed E-state index contributed by atoms with van der Waals surface area (Å²) < 4.78 is 0. The van der Waals surface area contributed by atoms with E-state index in [2.05, 4.69) is 0 Å². The predicted octanol–water partition coefficient (Wildman–Crippen LogP) is 2.66. The maximum absolute atomic E-state index is 12.2. The fourth-order valence-electron chi connectivity index (χ4n) is 1.72. The molecule has 2 rings (SSSR count). The van der Waals surface area contributed by atoms with E-state index >= 15 is 0 Å². The van der Waals surface area contributed by atoms with Crippen molar-refractivity contribution < 1.29 is 14.7 Å². The highest BCUT2D eigenvalue weighted by Crippen LogP contribution is 2.16. The van der Waals surface area contributed by atoms with Crippen molar-refractivity contribution >= 4 is 17.6 Å². The van der Waals surface area contributed by atoms with Gasteiger partial charge in [-0.3, -0.25) is 4.79 Å². The van der Waals surface area contributed by atoms with E-state index in [-0.39, 0.29) is 11.5 Å². The number of amides is 1. The molecular formula is C15H13NO3. The first-order chi connectivity index (χ1) is 9.09. The summed E-state index contributed by atoms with van der Waals surface area (Å²) in [4.78, 5) is 24.4. The first-order valence-corrected chi connectivity index (χ1v) is 5.76. The molecule has 1 amide bonds. The minimum atomic E-state index is -0.983. The monoisotopic (exact) mass is 255 g/mol. The lowest BCUT2D eigenvalue weighted by Gasteiger charge is -2.17. The SMILES string of the molecule is CN(C(=O)c1ccccc1)c1ccc(C(=O)O)cc1. The highest BCUT2D eigenvalue weighted by molar-refractivity contribution is 6.05. The zero-order valence-corrected chi connectivity index (χ0v) is 10.4. The fourth-order valence-corrected chi connectivity index (χ4v) is 1.72. The van der Waals surface area contributed by atoms with Gasteiger partial charge in [0.25, 0.3) is 5.91 Å². The third kappa shape index (κ3) is 2.80. The Kier molecular flexibility index (Phi) is 3.61. The van der Waals surface area contributed by atoms with Gasteiger partial charge in [0.05, 0.1) is 5.56 Å². The van der Waals surface area contributed by atoms with Crippen molar-refractivity contribution in [1.29, 1.82) is 0 Å². The number of hydrogen-bond acceptors (Lipinski definition) is 2. The summed E-state index contributed by atoms with van der Waals surface area (Å²) in [5.74, 6) is -1.12. The first kappa shape index (κ1) is 12.8. The van der Waals surface area contributed by atoms with Crippen molar-refractivity contribution in [1.82, 2.24) is 0 Å². The van der Waals surface area contributed by atoms with Crippen LogP contribution in [0, 0.1) is 0 Å². The molecule has 0 aliphatic rings. The molecule has 0 aliphatic heterocycles. The van der Waals surface area contributed by atoms with Crippen LogP contribution in [0.4, 0.5) is 5.69 Å². The molecule has 0 heterocycles. The second-order valence-corrected chi connectivity index (χ2v) is 4.08. The van der Waals surface area contributed by atoms with Crippen LogP contribution in [0.15, 0.2) is 54.6 Å². The second-order valence-electron chi connectivity index (χ2n) is 4.08. The summed E-state index contributed by atoms with van der Waals surface area (Å²) in [5, 5.41) is 8.82. The molecule has 2 aromatic rings. The lowest BCUT2D eigenvalue weighted by molar-refractivity contribution is 0.0696. The van der Waals surface area contributed by atoms with E-state index in [0.29, 0.717) is 11.3 Å². The van der Waals surface area contributed by atoms with Crippen LogP contribution in [0.25, 0.3) is 0 Å². The van der Waals surface area contributed by atoms with Crippen molar-refractivity contribution in [3.05, 3.63) is 65.7 Å². The number of carbonyl (C=O) groups is 2. The van der Waals surface area contributed by atoms with Gasteiger partial charge < -0.3 is 10.0 Å². The normalized spacial score (nSPS) is 9.95. The molecule has 0 saturated carbocycles. The third-order valence-electron chi connectivity index (χ3n) is 2.83. The number of carbonyl (C=O) groups excluding carboxylic acids is 1. The van der Waals surface area contributed by atoms with Crippen molar-refractivity contribution in [2.75, 3.05) is 11.9 Å². The molecule has 0 spiro atoms. The first-order valence-electron chi connectivity index (χ1n) is 5.76. The van der Waals surface area contributed by atoms with Gasteiger partial charge >= 0.3 is 5.97 Å². The molecule has 0 saturated heterocycles. The van der Waals surface area contributed by atoms with Crippen molar-refractivity contribution in [2.24, 2.45) is 0 Å². The van der Waals surface area contributed by atoms with Crippen LogP contribution in [0.2, 0.25) is 0 Å². The van der Waals surface area contributed by atoms with Gasteiger partial charge in [0, 0.05) is 18.3 Å². The predicted molar refractivity (Wildman–Crippen MR) is 72.6 cm³/mol. The number of carboxylic acid groups (broad SMARTS) is 1. The number of hydrogen-bond donors (Lipinski definition) is 1. The number of nitrogens with zero attached hydrogens (tertiary/aromatic N) is 1. The summed E-state index contributed by atoms with van der Waals surface area (Å²) in [6, 6.07) is 15.1. The standard InChI is InChI=1S/C15H13NO3/c1-16(14(17)11-5-3-2-4-6-11)13-9-7-12(8-10-13)15(18)19/h2-10H,1H3,(H,18,19). The number of benzene rings is 2. The van der Waals surface area contributed by atoms with Crippen LogP contribution >= 0.6 is 0 Å². The van der Waals surface area contributed by atoms with Gasteiger partial charge in [-0.25, -0.2) is 4.79 Å². The van der Waals surface area contributed by atoms with Crippen molar-refractivity contribution in [3.63, 3.8) is 0 Å². The van der Waals surface area contributed by atoms with Crippen LogP contribution in [-0.4, -0.2) is 24.0 Å². The van der Waals surface area contributed by atoms with E-state index in [0.717, 1.165) is 0 Å². The molecule has 0 unspecified atom stereocenters. The zero-order valence-electron chi connectivity index (χ0n) is 10.4. The largest absolute Gasteiger partial charge is 0.478 e. The maximum Gasteiger partial charge on any atom is 0.335 e. The molecule has 0 bridgehead atoms. The van der Waals surface area contributed by atoms with E-state index in [1.807, 2.05) is 6.07 Å². The Labute approximate surface area is 110 Å². The highest BCUT2D eigenvalue weighted by Gasteiger charge is 2.13. The minimum Gasteiger partial charge on any atom is -0.478 e. The molecule has 4 heteroatoms. The smallest absolute Gasteiger partial charge is 0.335 e. The zero-order chi connectivity index (χ0) is 13.8. The van der Waals surface area contributed by atoms with Crippen LogP contribution in [0.5, 0.6) is 0 Å². The van der Waals surface area contributed by atoms with Gasteiger partial charge in [-0.1, -0.05) is 18.2 Å². The van der Waals surface area contributed by atoms with E-state index < -0.39 is 5.97 Å². The number of carboxylic acids is 1. The molecule has 96 valence electrons. The van der Waals surface area contributed by atoms with E-state index in [9.17, 15) is 9.59 Å². The summed E-state index contributed by atoms with van der Waals surface area (Å²) in [6.07, 6.45) is 0. The Morgan fingerprint density at radius 1 is 0.895 bits per heavy atom. The van der Waals surface area contributed by atoms with E-state index in [4.69, 9.17) is 5.11 Å². The summed E-state index contributed by atoms with van der Waals surface area (Å²) in [5.41, 5.74) is 1.44. The Balaban J connectivity index is 2.22. The van der Waals surface area contributed by atoms with Crippen molar-refractivity contribution in [3.8, 4) is 0 Å². The van der Waals surface area contributed by atoms with Gasteiger partial charge in [0.15, 0.2) is 0 Å². The lowest BCUT2D eigenvalue weighted by atomic mass is 10.1.